The molecule has 0 amide bonds. The number of aryl methyl sites for hydroxylation is 1. The summed E-state index contributed by atoms with van der Waals surface area (Å²) in [6, 6.07) is 6.51. The zero-order valence-corrected chi connectivity index (χ0v) is 8.11. The van der Waals surface area contributed by atoms with Crippen LogP contribution in [0.2, 0.25) is 0 Å². The van der Waals surface area contributed by atoms with Crippen LogP contribution in [0, 0.1) is 5.82 Å². The average Bonchev–Trinajstić information content (AvgIpc) is 2.29. The molecule has 3 heteroatoms. The molecule has 0 aliphatic heterocycles. The number of aromatic nitrogens is 1. The highest BCUT2D eigenvalue weighted by Crippen LogP contribution is 2.20. The first-order chi connectivity index (χ1) is 7.33. The number of hydrogen-bond acceptors (Lipinski definition) is 2. The summed E-state index contributed by atoms with van der Waals surface area (Å²) in [4.78, 5) is 14.4. The molecule has 0 fully saturated rings. The van der Waals surface area contributed by atoms with E-state index < -0.39 is 0 Å². The highest BCUT2D eigenvalue weighted by atomic mass is 19.1. The second-order valence-electron chi connectivity index (χ2n) is 3.31. The van der Waals surface area contributed by atoms with Crippen LogP contribution in [0.25, 0.3) is 10.9 Å². The van der Waals surface area contributed by atoms with E-state index in [-0.39, 0.29) is 5.82 Å². The number of hydrogen-bond donors (Lipinski definition) is 0. The number of carbonyl (C=O) groups excluding carboxylic acids is 1. The topological polar surface area (TPSA) is 30.0 Å². The Kier molecular flexibility index (Phi) is 2.72. The number of carbonyl (C=O) groups is 1. The van der Waals surface area contributed by atoms with Crippen LogP contribution in [0.5, 0.6) is 0 Å². The largest absolute Gasteiger partial charge is 0.303 e. The van der Waals surface area contributed by atoms with Crippen LogP contribution in [-0.4, -0.2) is 11.3 Å². The third-order valence-corrected chi connectivity index (χ3v) is 2.33. The van der Waals surface area contributed by atoms with Crippen molar-refractivity contribution in [1.82, 2.24) is 4.98 Å². The average molecular weight is 203 g/mol. The minimum Gasteiger partial charge on any atom is -0.303 e. The van der Waals surface area contributed by atoms with Crippen LogP contribution in [0.4, 0.5) is 4.39 Å². The molecule has 0 aliphatic carbocycles. The smallest absolute Gasteiger partial charge is 0.132 e. The van der Waals surface area contributed by atoms with Crippen molar-refractivity contribution in [3.8, 4) is 0 Å². The van der Waals surface area contributed by atoms with E-state index in [0.29, 0.717) is 23.7 Å². The molecule has 0 unspecified atom stereocenters. The molecule has 0 radical (unpaired) electrons. The lowest BCUT2D eigenvalue weighted by Crippen LogP contribution is -1.92. The van der Waals surface area contributed by atoms with Crippen molar-refractivity contribution >= 4 is 17.2 Å². The van der Waals surface area contributed by atoms with Crippen molar-refractivity contribution in [2.24, 2.45) is 0 Å². The minimum atomic E-state index is -0.270. The fraction of sp³-hybridized carbons (Fsp3) is 0.167. The van der Waals surface area contributed by atoms with Crippen LogP contribution < -0.4 is 0 Å². The summed E-state index contributed by atoms with van der Waals surface area (Å²) in [6.45, 7) is 0. The Balaban J connectivity index is 2.56. The third kappa shape index (κ3) is 1.86. The molecule has 0 saturated heterocycles. The van der Waals surface area contributed by atoms with Gasteiger partial charge in [-0.3, -0.25) is 4.98 Å². The van der Waals surface area contributed by atoms with Gasteiger partial charge in [0.2, 0.25) is 0 Å². The normalized spacial score (nSPS) is 10.5. The number of pyridine rings is 1. The van der Waals surface area contributed by atoms with Crippen LogP contribution in [0.15, 0.2) is 30.5 Å². The Labute approximate surface area is 86.8 Å². The van der Waals surface area contributed by atoms with Gasteiger partial charge >= 0.3 is 0 Å². The maximum Gasteiger partial charge on any atom is 0.132 e. The van der Waals surface area contributed by atoms with Gasteiger partial charge in [0.1, 0.15) is 12.1 Å². The van der Waals surface area contributed by atoms with E-state index >= 15 is 0 Å². The molecular formula is C12H10FNO. The Bertz CT molecular complexity index is 496. The van der Waals surface area contributed by atoms with E-state index in [0.717, 1.165) is 11.8 Å². The van der Waals surface area contributed by atoms with E-state index in [1.54, 1.807) is 24.4 Å². The predicted octanol–water partition coefficient (Wildman–Crippen LogP) is 2.51. The van der Waals surface area contributed by atoms with Gasteiger partial charge in [-0.2, -0.15) is 0 Å². The molecule has 2 nitrogen and oxygen atoms in total. The SMILES string of the molecule is O=CCCc1ccc(F)c2cccnc12. The van der Waals surface area contributed by atoms with Crippen molar-refractivity contribution in [1.29, 1.82) is 0 Å². The predicted molar refractivity (Wildman–Crippen MR) is 56.1 cm³/mol. The van der Waals surface area contributed by atoms with Crippen molar-refractivity contribution in [2.75, 3.05) is 0 Å². The second kappa shape index (κ2) is 4.17. The van der Waals surface area contributed by atoms with Gasteiger partial charge in [-0.1, -0.05) is 6.07 Å². The van der Waals surface area contributed by atoms with Crippen LogP contribution in [0.1, 0.15) is 12.0 Å². The molecule has 0 spiro atoms. The van der Waals surface area contributed by atoms with Crippen molar-refractivity contribution < 1.29 is 9.18 Å². The van der Waals surface area contributed by atoms with E-state index in [4.69, 9.17) is 0 Å². The Morgan fingerprint density at radius 2 is 2.20 bits per heavy atom. The van der Waals surface area contributed by atoms with Gasteiger partial charge in [0, 0.05) is 18.0 Å². The lowest BCUT2D eigenvalue weighted by Gasteiger charge is -2.04. The van der Waals surface area contributed by atoms with E-state index in [9.17, 15) is 9.18 Å². The highest BCUT2D eigenvalue weighted by Gasteiger charge is 2.05. The number of aldehydes is 1. The molecule has 1 aromatic carbocycles. The Morgan fingerprint density at radius 1 is 1.33 bits per heavy atom. The van der Waals surface area contributed by atoms with Gasteiger partial charge in [-0.25, -0.2) is 4.39 Å². The number of rotatable bonds is 3. The van der Waals surface area contributed by atoms with Gasteiger partial charge < -0.3 is 4.79 Å². The van der Waals surface area contributed by atoms with E-state index in [1.165, 1.54) is 6.07 Å². The zero-order valence-electron chi connectivity index (χ0n) is 8.11. The van der Waals surface area contributed by atoms with Crippen molar-refractivity contribution in [3.63, 3.8) is 0 Å². The molecule has 2 aromatic rings. The van der Waals surface area contributed by atoms with Crippen molar-refractivity contribution in [2.45, 2.75) is 12.8 Å². The fourth-order valence-electron chi connectivity index (χ4n) is 1.61. The summed E-state index contributed by atoms with van der Waals surface area (Å²) >= 11 is 0. The van der Waals surface area contributed by atoms with Gasteiger partial charge in [0.05, 0.1) is 5.52 Å². The molecule has 0 bridgehead atoms. The Morgan fingerprint density at radius 3 is 3.00 bits per heavy atom. The second-order valence-corrected chi connectivity index (χ2v) is 3.31. The summed E-state index contributed by atoms with van der Waals surface area (Å²) in [5.41, 5.74) is 1.57. The summed E-state index contributed by atoms with van der Waals surface area (Å²) in [7, 11) is 0. The minimum absolute atomic E-state index is 0.270. The van der Waals surface area contributed by atoms with Crippen molar-refractivity contribution in [3.05, 3.63) is 41.8 Å². The standard InChI is InChI=1S/C12H10FNO/c13-11-6-5-9(3-2-8-15)12-10(11)4-1-7-14-12/h1,4-8H,2-3H2. The monoisotopic (exact) mass is 203 g/mol. The summed E-state index contributed by atoms with van der Waals surface area (Å²) < 4.78 is 13.4. The summed E-state index contributed by atoms with van der Waals surface area (Å²) in [5, 5.41) is 0.515. The summed E-state index contributed by atoms with van der Waals surface area (Å²) in [6.07, 6.45) is 3.54. The maximum atomic E-state index is 13.4. The van der Waals surface area contributed by atoms with Gasteiger partial charge in [0.15, 0.2) is 0 Å². The molecule has 0 aliphatic rings. The Hall–Kier alpha value is -1.77. The first kappa shape index (κ1) is 9.77. The number of halogens is 1. The lowest BCUT2D eigenvalue weighted by atomic mass is 10.1. The van der Waals surface area contributed by atoms with Gasteiger partial charge in [-0.15, -0.1) is 0 Å². The van der Waals surface area contributed by atoms with Gasteiger partial charge in [0.25, 0.3) is 0 Å². The molecule has 1 aromatic heterocycles. The molecule has 2 rings (SSSR count). The van der Waals surface area contributed by atoms with Crippen LogP contribution >= 0.6 is 0 Å². The van der Waals surface area contributed by atoms with Crippen LogP contribution in [-0.2, 0) is 11.2 Å². The molecule has 76 valence electrons. The fourth-order valence-corrected chi connectivity index (χ4v) is 1.61. The quantitative estimate of drug-likeness (QED) is 0.717. The highest BCUT2D eigenvalue weighted by molar-refractivity contribution is 5.82. The van der Waals surface area contributed by atoms with E-state index in [1.807, 2.05) is 0 Å². The lowest BCUT2D eigenvalue weighted by molar-refractivity contribution is -0.107. The van der Waals surface area contributed by atoms with E-state index in [2.05, 4.69) is 4.98 Å². The first-order valence-corrected chi connectivity index (χ1v) is 4.78. The van der Waals surface area contributed by atoms with Crippen LogP contribution in [0.3, 0.4) is 0 Å². The molecule has 0 atom stereocenters. The van der Waals surface area contributed by atoms with Gasteiger partial charge in [-0.05, 0) is 30.2 Å². The molecule has 15 heavy (non-hydrogen) atoms. The number of nitrogens with zero attached hydrogens (tertiary/aromatic N) is 1. The first-order valence-electron chi connectivity index (χ1n) is 4.78. The maximum absolute atomic E-state index is 13.4. The molecule has 0 saturated carbocycles. The summed E-state index contributed by atoms with van der Waals surface area (Å²) in [5.74, 6) is -0.270. The molecule has 1 heterocycles. The molecule has 0 N–H and O–H groups in total. The third-order valence-electron chi connectivity index (χ3n) is 2.33. The number of fused-ring (bicyclic) bond motifs is 1. The zero-order chi connectivity index (χ0) is 10.7. The number of benzene rings is 1. The molecular weight excluding hydrogens is 193 g/mol.